The highest BCUT2D eigenvalue weighted by molar-refractivity contribution is 7.26. The van der Waals surface area contributed by atoms with E-state index in [9.17, 15) is 0 Å². The number of nitrogens with zero attached hydrogens (tertiary/aromatic N) is 2. The average molecular weight is 411 g/mol. The Balaban J connectivity index is 1.76. The van der Waals surface area contributed by atoms with Gasteiger partial charge in [-0.1, -0.05) is 76.2 Å². The zero-order chi connectivity index (χ0) is 20.8. The van der Waals surface area contributed by atoms with Gasteiger partial charge in [0.15, 0.2) is 0 Å². The fourth-order valence-electron chi connectivity index (χ4n) is 4.40. The van der Waals surface area contributed by atoms with Gasteiger partial charge in [-0.05, 0) is 35.4 Å². The predicted octanol–water partition coefficient (Wildman–Crippen LogP) is 7.99. The molecule has 3 aromatic carbocycles. The highest BCUT2D eigenvalue weighted by Gasteiger charge is 2.16. The van der Waals surface area contributed by atoms with Crippen LogP contribution in [0.1, 0.15) is 44.7 Å². The third-order valence-electron chi connectivity index (χ3n) is 5.78. The van der Waals surface area contributed by atoms with Crippen LogP contribution in [0, 0.1) is 5.92 Å². The van der Waals surface area contributed by atoms with E-state index in [-0.39, 0.29) is 0 Å². The molecule has 0 atom stereocenters. The third-order valence-corrected chi connectivity index (χ3v) is 7.08. The maximum absolute atomic E-state index is 4.74. The van der Waals surface area contributed by atoms with Gasteiger partial charge in [0.1, 0.15) is 6.33 Å². The van der Waals surface area contributed by atoms with Crippen molar-refractivity contribution < 1.29 is 0 Å². The Hall–Kier alpha value is -2.78. The van der Waals surface area contributed by atoms with E-state index in [1.165, 1.54) is 36.9 Å². The zero-order valence-electron chi connectivity index (χ0n) is 17.9. The number of thiophene rings is 1. The Labute approximate surface area is 181 Å². The maximum Gasteiger partial charge on any atom is 0.116 e. The Morgan fingerprint density at radius 3 is 2.33 bits per heavy atom. The maximum atomic E-state index is 4.74. The van der Waals surface area contributed by atoms with Crippen molar-refractivity contribution in [2.24, 2.45) is 5.92 Å². The van der Waals surface area contributed by atoms with Gasteiger partial charge in [0.05, 0.1) is 11.2 Å². The van der Waals surface area contributed by atoms with Gasteiger partial charge in [-0.3, -0.25) is 0 Å². The quantitative estimate of drug-likeness (QED) is 0.300. The van der Waals surface area contributed by atoms with Gasteiger partial charge in [-0.15, -0.1) is 11.3 Å². The van der Waals surface area contributed by atoms with Gasteiger partial charge in [0.25, 0.3) is 0 Å². The first-order valence-corrected chi connectivity index (χ1v) is 11.5. The molecule has 0 bridgehead atoms. The summed E-state index contributed by atoms with van der Waals surface area (Å²) < 4.78 is 2.71. The molecule has 0 saturated heterocycles. The van der Waals surface area contributed by atoms with Crippen LogP contribution in [0.25, 0.3) is 42.3 Å². The van der Waals surface area contributed by atoms with Crippen LogP contribution in [0.3, 0.4) is 0 Å². The first kappa shape index (κ1) is 19.2. The van der Waals surface area contributed by atoms with Crippen molar-refractivity contribution in [1.29, 1.82) is 0 Å². The molecule has 0 aliphatic carbocycles. The minimum atomic E-state index is 0.504. The van der Waals surface area contributed by atoms with Gasteiger partial charge in [0.2, 0.25) is 0 Å². The van der Waals surface area contributed by atoms with Gasteiger partial charge in [-0.2, -0.15) is 0 Å². The van der Waals surface area contributed by atoms with Crippen LogP contribution >= 0.6 is 11.3 Å². The lowest BCUT2D eigenvalue weighted by Gasteiger charge is -2.09. The standard InChI is InChI=1S/C27H26N2S/c1-16(2)13-18-11-12-22-24(14-18)28-15-29-25(22)23-10-6-9-21-20-8-5-7-19(17(3)4)26(20)30-27(21)23/h5-12,14-17H,13H2,1-4H3. The van der Waals surface area contributed by atoms with Crippen molar-refractivity contribution in [3.05, 3.63) is 72.1 Å². The molecule has 2 aromatic heterocycles. The van der Waals surface area contributed by atoms with E-state index >= 15 is 0 Å². The highest BCUT2D eigenvalue weighted by atomic mass is 32.1. The smallest absolute Gasteiger partial charge is 0.116 e. The van der Waals surface area contributed by atoms with Crippen LogP contribution in [0.2, 0.25) is 0 Å². The lowest BCUT2D eigenvalue weighted by Crippen LogP contribution is -1.95. The summed E-state index contributed by atoms with van der Waals surface area (Å²) in [7, 11) is 0. The number of benzene rings is 3. The molecule has 0 aliphatic heterocycles. The van der Waals surface area contributed by atoms with E-state index in [4.69, 9.17) is 4.98 Å². The molecule has 150 valence electrons. The van der Waals surface area contributed by atoms with E-state index < -0.39 is 0 Å². The molecule has 3 heteroatoms. The summed E-state index contributed by atoms with van der Waals surface area (Å²) in [4.78, 5) is 9.33. The van der Waals surface area contributed by atoms with Crippen molar-refractivity contribution >= 4 is 42.4 Å². The van der Waals surface area contributed by atoms with Crippen molar-refractivity contribution in [3.63, 3.8) is 0 Å². The van der Waals surface area contributed by atoms with Crippen LogP contribution in [-0.2, 0) is 6.42 Å². The van der Waals surface area contributed by atoms with Gasteiger partial charge in [0, 0.05) is 31.1 Å². The number of hydrogen-bond donors (Lipinski definition) is 0. The second-order valence-electron chi connectivity index (χ2n) is 8.83. The molecule has 0 spiro atoms. The SMILES string of the molecule is CC(C)Cc1ccc2c(-c3cccc4c3sc3c(C(C)C)cccc34)ncnc2c1. The number of fused-ring (bicyclic) bond motifs is 4. The molecule has 5 rings (SSSR count). The molecular weight excluding hydrogens is 384 g/mol. The summed E-state index contributed by atoms with van der Waals surface area (Å²) in [6, 6.07) is 20.0. The summed E-state index contributed by atoms with van der Waals surface area (Å²) >= 11 is 1.90. The molecule has 0 saturated carbocycles. The van der Waals surface area contributed by atoms with Gasteiger partial charge < -0.3 is 0 Å². The average Bonchev–Trinajstić information content (AvgIpc) is 3.11. The van der Waals surface area contributed by atoms with Crippen LogP contribution in [-0.4, -0.2) is 9.97 Å². The Kier molecular flexibility index (Phi) is 4.79. The molecule has 5 aromatic rings. The second-order valence-corrected chi connectivity index (χ2v) is 9.86. The summed E-state index contributed by atoms with van der Waals surface area (Å²) in [6.45, 7) is 9.05. The fraction of sp³-hybridized carbons (Fsp3) is 0.259. The molecule has 30 heavy (non-hydrogen) atoms. The van der Waals surface area contributed by atoms with Crippen LogP contribution < -0.4 is 0 Å². The van der Waals surface area contributed by atoms with E-state index in [1.54, 1.807) is 6.33 Å². The normalized spacial score (nSPS) is 12.1. The van der Waals surface area contributed by atoms with Crippen LogP contribution in [0.15, 0.2) is 60.9 Å². The summed E-state index contributed by atoms with van der Waals surface area (Å²) in [6.07, 6.45) is 2.78. The second kappa shape index (κ2) is 7.48. The van der Waals surface area contributed by atoms with Crippen molar-refractivity contribution in [2.45, 2.75) is 40.0 Å². The molecule has 0 N–H and O–H groups in total. The third kappa shape index (κ3) is 3.18. The lowest BCUT2D eigenvalue weighted by molar-refractivity contribution is 0.647. The zero-order valence-corrected chi connectivity index (χ0v) is 18.8. The van der Waals surface area contributed by atoms with E-state index in [0.717, 1.165) is 23.0 Å². The number of rotatable bonds is 4. The van der Waals surface area contributed by atoms with Gasteiger partial charge in [-0.25, -0.2) is 9.97 Å². The predicted molar refractivity (Wildman–Crippen MR) is 130 cm³/mol. The largest absolute Gasteiger partial charge is 0.236 e. The van der Waals surface area contributed by atoms with Crippen molar-refractivity contribution in [1.82, 2.24) is 9.97 Å². The molecule has 2 heterocycles. The molecule has 0 aliphatic rings. The minimum absolute atomic E-state index is 0.504. The topological polar surface area (TPSA) is 25.8 Å². The minimum Gasteiger partial charge on any atom is -0.236 e. The molecule has 0 unspecified atom stereocenters. The summed E-state index contributed by atoms with van der Waals surface area (Å²) in [5, 5.41) is 3.79. The first-order valence-electron chi connectivity index (χ1n) is 10.7. The molecule has 0 radical (unpaired) electrons. The van der Waals surface area contributed by atoms with Gasteiger partial charge >= 0.3 is 0 Å². The Morgan fingerprint density at radius 2 is 1.57 bits per heavy atom. The lowest BCUT2D eigenvalue weighted by atomic mass is 9.98. The van der Waals surface area contributed by atoms with E-state index in [0.29, 0.717) is 11.8 Å². The van der Waals surface area contributed by atoms with E-state index in [2.05, 4.69) is 87.3 Å². The molecule has 2 nitrogen and oxygen atoms in total. The van der Waals surface area contributed by atoms with Crippen molar-refractivity contribution in [2.75, 3.05) is 0 Å². The summed E-state index contributed by atoms with van der Waals surface area (Å²) in [5.41, 5.74) is 6.01. The van der Waals surface area contributed by atoms with E-state index in [1.807, 2.05) is 11.3 Å². The number of aromatic nitrogens is 2. The van der Waals surface area contributed by atoms with Crippen LogP contribution in [0.5, 0.6) is 0 Å². The molecule has 0 amide bonds. The monoisotopic (exact) mass is 410 g/mol. The Morgan fingerprint density at radius 1 is 0.800 bits per heavy atom. The summed E-state index contributed by atoms with van der Waals surface area (Å²) in [5.74, 6) is 1.13. The highest BCUT2D eigenvalue weighted by Crippen LogP contribution is 2.43. The fourth-order valence-corrected chi connectivity index (χ4v) is 5.88. The van der Waals surface area contributed by atoms with Crippen molar-refractivity contribution in [3.8, 4) is 11.3 Å². The molecular formula is C27H26N2S. The molecule has 0 fully saturated rings. The number of hydrogen-bond acceptors (Lipinski definition) is 3. The Bertz CT molecular complexity index is 1380. The first-order chi connectivity index (χ1) is 14.5. The van der Waals surface area contributed by atoms with Crippen LogP contribution in [0.4, 0.5) is 0 Å².